The molecule has 2 aromatic carbocycles. The Morgan fingerprint density at radius 2 is 1.60 bits per heavy atom. The number of aryl methyl sites for hydroxylation is 2. The van der Waals surface area contributed by atoms with Crippen LogP contribution in [0.25, 0.3) is 11.1 Å². The highest BCUT2D eigenvalue weighted by Gasteiger charge is 2.20. The molecule has 1 atom stereocenters. The average Bonchev–Trinajstić information content (AvgIpc) is 3.90. The van der Waals surface area contributed by atoms with E-state index in [0.717, 1.165) is 36.8 Å². The first-order valence-corrected chi connectivity index (χ1v) is 18.6. The predicted molar refractivity (Wildman–Crippen MR) is 217 cm³/mol. The molecule has 14 heteroatoms. The fourth-order valence-corrected chi connectivity index (χ4v) is 6.11. The van der Waals surface area contributed by atoms with E-state index in [1.165, 1.54) is 7.11 Å². The van der Waals surface area contributed by atoms with Gasteiger partial charge in [0.25, 0.3) is 11.8 Å². The zero-order valence-corrected chi connectivity index (χ0v) is 32.9. The molecule has 294 valence electrons. The summed E-state index contributed by atoms with van der Waals surface area (Å²) in [6.07, 6.45) is 8.90. The molecule has 1 saturated heterocycles. The van der Waals surface area contributed by atoms with Crippen molar-refractivity contribution in [2.75, 3.05) is 58.1 Å². The number of likely N-dealkylation sites (tertiary alicyclic amines) is 1. The maximum Gasteiger partial charge on any atom is 0.272 e. The summed E-state index contributed by atoms with van der Waals surface area (Å²) in [5.41, 5.74) is 4.71. The predicted octanol–water partition coefficient (Wildman–Crippen LogP) is 5.67. The van der Waals surface area contributed by atoms with Crippen molar-refractivity contribution in [1.29, 1.82) is 0 Å². The molecule has 1 aliphatic rings. The number of rotatable bonds is 17. The summed E-state index contributed by atoms with van der Waals surface area (Å²) >= 11 is 0. The van der Waals surface area contributed by atoms with E-state index in [4.69, 9.17) is 9.47 Å². The number of benzene rings is 2. The highest BCUT2D eigenvalue weighted by atomic mass is 16.5. The lowest BCUT2D eigenvalue weighted by molar-refractivity contribution is -0.116. The lowest BCUT2D eigenvalue weighted by Crippen LogP contribution is -2.31. The minimum absolute atomic E-state index is 0.146. The van der Waals surface area contributed by atoms with Crippen LogP contribution in [0.4, 0.5) is 17.1 Å². The van der Waals surface area contributed by atoms with E-state index in [1.807, 2.05) is 58.6 Å². The lowest BCUT2D eigenvalue weighted by Gasteiger charge is -2.15. The number of anilines is 2. The molecular formula is C41H54N8O6. The molecule has 3 heterocycles. The van der Waals surface area contributed by atoms with Crippen LogP contribution in [-0.2, 0) is 18.9 Å². The molecule has 0 radical (unpaired) electrons. The normalized spacial score (nSPS) is 13.9. The van der Waals surface area contributed by atoms with Crippen LogP contribution >= 0.6 is 0 Å². The number of carbonyl (C=O) groups is 4. The van der Waals surface area contributed by atoms with E-state index in [9.17, 15) is 19.2 Å². The van der Waals surface area contributed by atoms with E-state index in [2.05, 4.69) is 38.2 Å². The molecule has 4 aromatic rings. The van der Waals surface area contributed by atoms with Crippen LogP contribution in [0.1, 0.15) is 70.9 Å². The van der Waals surface area contributed by atoms with Crippen LogP contribution in [-0.4, -0.2) is 97.7 Å². The summed E-state index contributed by atoms with van der Waals surface area (Å²) < 4.78 is 14.8. The van der Waals surface area contributed by atoms with Crippen molar-refractivity contribution in [3.05, 3.63) is 77.9 Å². The number of carbonyl (C=O) groups excluding carboxylic acids is 4. The number of methoxy groups -OCH3 is 1. The maximum atomic E-state index is 13.2. The van der Waals surface area contributed by atoms with Gasteiger partial charge in [-0.1, -0.05) is 26.0 Å². The Labute approximate surface area is 323 Å². The third-order valence-electron chi connectivity index (χ3n) is 9.10. The molecule has 0 spiro atoms. The monoisotopic (exact) mass is 754 g/mol. The van der Waals surface area contributed by atoms with Gasteiger partial charge in [0.15, 0.2) is 17.8 Å². The SMILES string of the molecule is CC.CNCCNC(=O)c1cc(-c2ccc(NC(=O)c3cc(NC(=O)CCCOc4cc(N=CC5CCCN5C)c(C=O)cc4OC)cn3C)cc2)cn1C. The molecule has 0 bridgehead atoms. The van der Waals surface area contributed by atoms with Crippen molar-refractivity contribution in [3.63, 3.8) is 0 Å². The second-order valence-electron chi connectivity index (χ2n) is 13.0. The summed E-state index contributed by atoms with van der Waals surface area (Å²) in [4.78, 5) is 57.0. The topological polar surface area (TPSA) is 160 Å². The van der Waals surface area contributed by atoms with Crippen LogP contribution < -0.4 is 30.7 Å². The first kappa shape index (κ1) is 42.0. The van der Waals surface area contributed by atoms with Gasteiger partial charge < -0.3 is 39.9 Å². The molecule has 1 fully saturated rings. The number of hydrogen-bond donors (Lipinski definition) is 4. The van der Waals surface area contributed by atoms with Gasteiger partial charge in [0.05, 0.1) is 25.1 Å². The number of nitrogens with one attached hydrogen (secondary N) is 4. The Morgan fingerprint density at radius 3 is 2.27 bits per heavy atom. The summed E-state index contributed by atoms with van der Waals surface area (Å²) in [6.45, 7) is 6.46. The van der Waals surface area contributed by atoms with E-state index in [1.54, 1.807) is 52.7 Å². The summed E-state index contributed by atoms with van der Waals surface area (Å²) in [5.74, 6) is 0.144. The molecule has 55 heavy (non-hydrogen) atoms. The van der Waals surface area contributed by atoms with Crippen molar-refractivity contribution in [2.24, 2.45) is 19.1 Å². The average molecular weight is 755 g/mol. The third kappa shape index (κ3) is 11.4. The Balaban J connectivity index is 0.00000331. The summed E-state index contributed by atoms with van der Waals surface area (Å²) in [7, 11) is 8.95. The smallest absolute Gasteiger partial charge is 0.272 e. The van der Waals surface area contributed by atoms with Crippen molar-refractivity contribution >= 4 is 47.3 Å². The van der Waals surface area contributed by atoms with Gasteiger partial charge in [0.2, 0.25) is 5.91 Å². The van der Waals surface area contributed by atoms with Crippen molar-refractivity contribution < 1.29 is 28.7 Å². The van der Waals surface area contributed by atoms with Gasteiger partial charge in [-0.15, -0.1) is 0 Å². The third-order valence-corrected chi connectivity index (χ3v) is 9.10. The molecule has 1 unspecified atom stereocenters. The Bertz CT molecular complexity index is 1950. The number of aliphatic imine (C=N–C) groups is 1. The summed E-state index contributed by atoms with van der Waals surface area (Å²) in [5, 5.41) is 11.6. The Morgan fingerprint density at radius 1 is 0.873 bits per heavy atom. The van der Waals surface area contributed by atoms with Gasteiger partial charge in [0, 0.05) is 81.1 Å². The van der Waals surface area contributed by atoms with Gasteiger partial charge in [-0.05, 0) is 75.8 Å². The highest BCUT2D eigenvalue weighted by molar-refractivity contribution is 6.04. The van der Waals surface area contributed by atoms with Crippen LogP contribution in [0.2, 0.25) is 0 Å². The van der Waals surface area contributed by atoms with Crippen LogP contribution in [0.3, 0.4) is 0 Å². The van der Waals surface area contributed by atoms with Crippen molar-refractivity contribution in [2.45, 2.75) is 45.6 Å². The van der Waals surface area contributed by atoms with Gasteiger partial charge in [-0.2, -0.15) is 0 Å². The number of hydrogen-bond acceptors (Lipinski definition) is 9. The van der Waals surface area contributed by atoms with Crippen LogP contribution in [0.5, 0.6) is 11.5 Å². The molecule has 2 aromatic heterocycles. The molecule has 5 rings (SSSR count). The Kier molecular flexibility index (Phi) is 15.8. The van der Waals surface area contributed by atoms with E-state index in [-0.39, 0.29) is 36.8 Å². The second-order valence-corrected chi connectivity index (χ2v) is 13.0. The number of ether oxygens (including phenoxy) is 2. The van der Waals surface area contributed by atoms with Gasteiger partial charge >= 0.3 is 0 Å². The van der Waals surface area contributed by atoms with Gasteiger partial charge in [-0.25, -0.2) is 0 Å². The minimum Gasteiger partial charge on any atom is -0.493 e. The van der Waals surface area contributed by atoms with E-state index < -0.39 is 0 Å². The fourth-order valence-electron chi connectivity index (χ4n) is 6.11. The quantitative estimate of drug-likeness (QED) is 0.0610. The first-order chi connectivity index (χ1) is 26.6. The second kappa shape index (κ2) is 20.7. The minimum atomic E-state index is -0.331. The van der Waals surface area contributed by atoms with E-state index >= 15 is 0 Å². The maximum absolute atomic E-state index is 13.2. The molecule has 0 aliphatic carbocycles. The first-order valence-electron chi connectivity index (χ1n) is 18.6. The fraction of sp³-hybridized carbons (Fsp3) is 0.390. The molecule has 0 saturated carbocycles. The summed E-state index contributed by atoms with van der Waals surface area (Å²) in [6, 6.07) is 14.3. The zero-order valence-electron chi connectivity index (χ0n) is 32.9. The number of nitrogens with zero attached hydrogens (tertiary/aromatic N) is 4. The van der Waals surface area contributed by atoms with Crippen LogP contribution in [0, 0.1) is 0 Å². The number of aromatic nitrogens is 2. The van der Waals surface area contributed by atoms with Gasteiger partial charge in [-0.3, -0.25) is 29.1 Å². The molecular weight excluding hydrogens is 701 g/mol. The molecule has 4 N–H and O–H groups in total. The zero-order chi connectivity index (χ0) is 39.9. The standard InChI is InChI=1S/C39H48N8O6.C2H6/c1-40-14-15-41-38(50)33-18-27(23-46(33)3)26-10-12-29(13-11-26)44-39(51)34-20-30(24-47(34)4)43-37(49)9-7-17-53-36-21-32(28(25-48)19-35(36)52-5)42-22-31-8-6-16-45(31)2;1-2/h10-13,18-25,31,40H,6-9,14-17H2,1-5H3,(H,41,50)(H,43,49)(H,44,51);1-2H3. The number of likely N-dealkylation sites (N-methyl/N-ethyl adjacent to an activating group) is 1. The molecule has 14 nitrogen and oxygen atoms in total. The highest BCUT2D eigenvalue weighted by Crippen LogP contribution is 2.35. The number of amides is 3. The van der Waals surface area contributed by atoms with Crippen molar-refractivity contribution in [1.82, 2.24) is 24.7 Å². The van der Waals surface area contributed by atoms with Crippen LogP contribution in [0.15, 0.2) is 65.9 Å². The van der Waals surface area contributed by atoms with Crippen molar-refractivity contribution in [3.8, 4) is 22.6 Å². The van der Waals surface area contributed by atoms with E-state index in [0.29, 0.717) is 65.0 Å². The lowest BCUT2D eigenvalue weighted by atomic mass is 10.1. The Hall–Kier alpha value is -5.73. The van der Waals surface area contributed by atoms with Gasteiger partial charge in [0.1, 0.15) is 11.4 Å². The number of aldehydes is 1. The molecule has 3 amide bonds. The molecule has 1 aliphatic heterocycles. The largest absolute Gasteiger partial charge is 0.493 e.